The summed E-state index contributed by atoms with van der Waals surface area (Å²) in [6.07, 6.45) is 1.26. The molecule has 0 aliphatic carbocycles. The number of aryl methyl sites for hydroxylation is 2. The van der Waals surface area contributed by atoms with E-state index < -0.39 is 11.9 Å². The summed E-state index contributed by atoms with van der Waals surface area (Å²) in [5.41, 5.74) is 4.81. The van der Waals surface area contributed by atoms with Gasteiger partial charge >= 0.3 is 6.09 Å². The van der Waals surface area contributed by atoms with E-state index in [1.54, 1.807) is 20.2 Å². The number of carbonyl (C=O) groups is 1. The minimum Gasteiger partial charge on any atom is -0.497 e. The zero-order chi connectivity index (χ0) is 24.2. The highest BCUT2D eigenvalue weighted by Gasteiger charge is 2.14. The molecule has 2 heterocycles. The van der Waals surface area contributed by atoms with Crippen LogP contribution in [0.15, 0.2) is 54.7 Å². The smallest absolute Gasteiger partial charge is 0.409 e. The molecule has 4 rings (SSSR count). The van der Waals surface area contributed by atoms with E-state index in [0.29, 0.717) is 11.1 Å². The quantitative estimate of drug-likeness (QED) is 0.322. The number of methoxy groups -OCH3 is 1. The monoisotopic (exact) mass is 460 g/mol. The van der Waals surface area contributed by atoms with Crippen molar-refractivity contribution in [2.24, 2.45) is 0 Å². The first-order valence-corrected chi connectivity index (χ1v) is 10.8. The number of ether oxygens (including phenoxy) is 1. The van der Waals surface area contributed by atoms with Gasteiger partial charge < -0.3 is 15.2 Å². The normalized spacial score (nSPS) is 10.8. The summed E-state index contributed by atoms with van der Waals surface area (Å²) in [5, 5.41) is 15.3. The number of hydrogen-bond donors (Lipinski definition) is 3. The van der Waals surface area contributed by atoms with Crippen LogP contribution in [0.1, 0.15) is 16.8 Å². The Hall–Kier alpha value is -4.20. The summed E-state index contributed by atoms with van der Waals surface area (Å²) < 4.78 is 19.4. The number of benzene rings is 2. The van der Waals surface area contributed by atoms with Crippen LogP contribution in [0, 0.1) is 19.7 Å². The van der Waals surface area contributed by atoms with E-state index in [-0.39, 0.29) is 5.69 Å². The summed E-state index contributed by atoms with van der Waals surface area (Å²) >= 11 is 0. The molecule has 0 saturated carbocycles. The summed E-state index contributed by atoms with van der Waals surface area (Å²) in [7, 11) is 1.65. The number of halogens is 1. The van der Waals surface area contributed by atoms with Gasteiger partial charge in [0.2, 0.25) is 0 Å². The lowest BCUT2D eigenvalue weighted by atomic mass is 9.97. The SMILES string of the molecule is COc1ccc(CCNc2cc3nc(C)c(-c4cc(NC(=O)O)c(F)cc4C)cc3cn2)cc1. The van der Waals surface area contributed by atoms with Crippen molar-refractivity contribution >= 4 is 28.5 Å². The summed E-state index contributed by atoms with van der Waals surface area (Å²) in [6, 6.07) is 14.6. The van der Waals surface area contributed by atoms with Crippen LogP contribution in [-0.2, 0) is 6.42 Å². The van der Waals surface area contributed by atoms with Crippen molar-refractivity contribution in [2.75, 3.05) is 24.3 Å². The number of anilines is 2. The van der Waals surface area contributed by atoms with Crippen molar-refractivity contribution in [1.82, 2.24) is 9.97 Å². The molecule has 0 radical (unpaired) electrons. The van der Waals surface area contributed by atoms with Crippen molar-refractivity contribution in [2.45, 2.75) is 20.3 Å². The highest BCUT2D eigenvalue weighted by molar-refractivity contribution is 5.89. The van der Waals surface area contributed by atoms with E-state index in [1.807, 2.05) is 43.3 Å². The highest BCUT2D eigenvalue weighted by atomic mass is 19.1. The Balaban J connectivity index is 1.55. The zero-order valence-electron chi connectivity index (χ0n) is 19.1. The Labute approximate surface area is 196 Å². The third kappa shape index (κ3) is 5.06. The average molecular weight is 461 g/mol. The first-order valence-electron chi connectivity index (χ1n) is 10.8. The highest BCUT2D eigenvalue weighted by Crippen LogP contribution is 2.32. The number of hydrogen-bond acceptors (Lipinski definition) is 5. The Morgan fingerprint density at radius 1 is 1.09 bits per heavy atom. The molecule has 0 saturated heterocycles. The molecular weight excluding hydrogens is 435 g/mol. The van der Waals surface area contributed by atoms with Gasteiger partial charge in [0.25, 0.3) is 0 Å². The van der Waals surface area contributed by atoms with E-state index in [4.69, 9.17) is 14.8 Å². The molecule has 1 amide bonds. The zero-order valence-corrected chi connectivity index (χ0v) is 19.1. The molecule has 0 unspecified atom stereocenters. The maximum atomic E-state index is 14.2. The van der Waals surface area contributed by atoms with Crippen LogP contribution in [-0.4, -0.2) is 34.8 Å². The van der Waals surface area contributed by atoms with Gasteiger partial charge in [0.1, 0.15) is 17.4 Å². The third-order valence-corrected chi connectivity index (χ3v) is 5.61. The van der Waals surface area contributed by atoms with Crippen LogP contribution in [0.25, 0.3) is 22.0 Å². The molecule has 8 heteroatoms. The molecule has 34 heavy (non-hydrogen) atoms. The number of nitrogens with one attached hydrogen (secondary N) is 2. The lowest BCUT2D eigenvalue weighted by molar-refractivity contribution is 0.209. The molecule has 2 aromatic heterocycles. The Bertz CT molecular complexity index is 1360. The van der Waals surface area contributed by atoms with Gasteiger partial charge in [-0.1, -0.05) is 12.1 Å². The molecule has 4 aromatic rings. The van der Waals surface area contributed by atoms with Gasteiger partial charge in [-0.2, -0.15) is 0 Å². The van der Waals surface area contributed by atoms with Gasteiger partial charge in [-0.05, 0) is 67.3 Å². The van der Waals surface area contributed by atoms with Gasteiger partial charge in [-0.3, -0.25) is 10.3 Å². The topological polar surface area (TPSA) is 96.4 Å². The summed E-state index contributed by atoms with van der Waals surface area (Å²) in [5.74, 6) is 0.938. The van der Waals surface area contributed by atoms with Crippen LogP contribution >= 0.6 is 0 Å². The van der Waals surface area contributed by atoms with E-state index in [0.717, 1.165) is 46.7 Å². The van der Waals surface area contributed by atoms with Gasteiger partial charge in [-0.25, -0.2) is 14.2 Å². The predicted molar refractivity (Wildman–Crippen MR) is 131 cm³/mol. The maximum Gasteiger partial charge on any atom is 0.409 e. The third-order valence-electron chi connectivity index (χ3n) is 5.61. The second-order valence-corrected chi connectivity index (χ2v) is 7.99. The number of aromatic nitrogens is 2. The van der Waals surface area contributed by atoms with Crippen LogP contribution < -0.4 is 15.4 Å². The minimum atomic E-state index is -1.32. The number of fused-ring (bicyclic) bond motifs is 1. The lowest BCUT2D eigenvalue weighted by Crippen LogP contribution is -2.09. The van der Waals surface area contributed by atoms with Crippen LogP contribution in [0.4, 0.5) is 20.7 Å². The summed E-state index contributed by atoms with van der Waals surface area (Å²) in [4.78, 5) is 20.2. The average Bonchev–Trinajstić information content (AvgIpc) is 2.81. The number of nitrogens with zero attached hydrogens (tertiary/aromatic N) is 2. The molecule has 3 N–H and O–H groups in total. The molecule has 2 aromatic carbocycles. The molecule has 0 atom stereocenters. The molecule has 0 bridgehead atoms. The van der Waals surface area contributed by atoms with E-state index in [9.17, 15) is 9.18 Å². The van der Waals surface area contributed by atoms with Crippen molar-refractivity contribution in [3.05, 3.63) is 77.4 Å². The van der Waals surface area contributed by atoms with E-state index in [2.05, 4.69) is 15.6 Å². The van der Waals surface area contributed by atoms with Crippen LogP contribution in [0.3, 0.4) is 0 Å². The predicted octanol–water partition coefficient (Wildman–Crippen LogP) is 5.81. The van der Waals surface area contributed by atoms with Crippen molar-refractivity contribution in [3.63, 3.8) is 0 Å². The van der Waals surface area contributed by atoms with Crippen LogP contribution in [0.2, 0.25) is 0 Å². The number of rotatable bonds is 7. The molecule has 174 valence electrons. The molecule has 0 aliphatic rings. The molecule has 7 nitrogen and oxygen atoms in total. The Kier molecular flexibility index (Phi) is 6.58. The largest absolute Gasteiger partial charge is 0.497 e. The fourth-order valence-electron chi connectivity index (χ4n) is 3.83. The second-order valence-electron chi connectivity index (χ2n) is 7.99. The van der Waals surface area contributed by atoms with E-state index in [1.165, 1.54) is 17.7 Å². The van der Waals surface area contributed by atoms with Crippen molar-refractivity contribution in [1.29, 1.82) is 0 Å². The minimum absolute atomic E-state index is 0.0953. The van der Waals surface area contributed by atoms with Crippen molar-refractivity contribution in [3.8, 4) is 16.9 Å². The number of pyridine rings is 2. The van der Waals surface area contributed by atoms with Gasteiger partial charge in [0, 0.05) is 35.5 Å². The van der Waals surface area contributed by atoms with Crippen molar-refractivity contribution < 1.29 is 19.0 Å². The maximum absolute atomic E-state index is 14.2. The van der Waals surface area contributed by atoms with E-state index >= 15 is 0 Å². The van der Waals surface area contributed by atoms with Gasteiger partial charge in [0.05, 0.1) is 18.3 Å². The van der Waals surface area contributed by atoms with Crippen LogP contribution in [0.5, 0.6) is 5.75 Å². The van der Waals surface area contributed by atoms with Gasteiger partial charge in [0.15, 0.2) is 0 Å². The fourth-order valence-corrected chi connectivity index (χ4v) is 3.83. The number of amides is 1. The fraction of sp³-hybridized carbons (Fsp3) is 0.192. The number of carboxylic acid groups (broad SMARTS) is 1. The standard InChI is InChI=1S/C26H25FN4O3/c1-15-10-22(27)24(31-26(32)33)12-20(15)21-11-18-14-29-25(13-23(18)30-16(21)2)28-9-8-17-4-6-19(34-3)7-5-17/h4-7,10-14,31H,8-9H2,1-3H3,(H,28,29)(H,32,33). The Morgan fingerprint density at radius 2 is 1.85 bits per heavy atom. The molecule has 0 fully saturated rings. The first kappa shape index (κ1) is 23.0. The Morgan fingerprint density at radius 3 is 2.56 bits per heavy atom. The molecule has 0 aliphatic heterocycles. The lowest BCUT2D eigenvalue weighted by Gasteiger charge is -2.14. The van der Waals surface area contributed by atoms with Gasteiger partial charge in [-0.15, -0.1) is 0 Å². The molecule has 0 spiro atoms. The summed E-state index contributed by atoms with van der Waals surface area (Å²) in [6.45, 7) is 4.37. The molecular formula is C26H25FN4O3. The first-order chi connectivity index (χ1) is 16.3. The second kappa shape index (κ2) is 9.74.